The Morgan fingerprint density at radius 1 is 0.853 bits per heavy atom. The Balaban J connectivity index is 1.61. The van der Waals surface area contributed by atoms with Crippen molar-refractivity contribution in [3.8, 4) is 5.75 Å². The molecule has 172 valence electrons. The van der Waals surface area contributed by atoms with Crippen molar-refractivity contribution in [2.45, 2.75) is 18.8 Å². The van der Waals surface area contributed by atoms with Crippen molar-refractivity contribution in [3.63, 3.8) is 0 Å². The van der Waals surface area contributed by atoms with Crippen LogP contribution in [0.3, 0.4) is 0 Å². The number of esters is 1. The summed E-state index contributed by atoms with van der Waals surface area (Å²) < 4.78 is 10.6. The highest BCUT2D eigenvalue weighted by molar-refractivity contribution is 6.52. The van der Waals surface area contributed by atoms with Gasteiger partial charge in [0.15, 0.2) is 0 Å². The Labute approximate surface area is 197 Å². The fourth-order valence-corrected chi connectivity index (χ4v) is 4.07. The molecule has 0 fully saturated rings. The lowest BCUT2D eigenvalue weighted by atomic mass is 9.78. The number of benzene rings is 3. The summed E-state index contributed by atoms with van der Waals surface area (Å²) in [6.07, 6.45) is 0.551. The number of methoxy groups -OCH3 is 1. The van der Waals surface area contributed by atoms with Gasteiger partial charge in [-0.3, -0.25) is 14.4 Å². The molecule has 0 saturated carbocycles. The van der Waals surface area contributed by atoms with Crippen LogP contribution in [0.5, 0.6) is 5.75 Å². The molecule has 0 aliphatic heterocycles. The molecule has 0 spiro atoms. The summed E-state index contributed by atoms with van der Waals surface area (Å²) in [5.41, 5.74) is 2.07. The Morgan fingerprint density at radius 3 is 2.18 bits per heavy atom. The van der Waals surface area contributed by atoms with Crippen LogP contribution < -0.4 is 4.74 Å². The van der Waals surface area contributed by atoms with Gasteiger partial charge in [0.25, 0.3) is 0 Å². The van der Waals surface area contributed by atoms with Gasteiger partial charge in [0.2, 0.25) is 11.6 Å². The number of aliphatic hydroxyl groups excluding tert-OH is 1. The highest BCUT2D eigenvalue weighted by Crippen LogP contribution is 2.38. The molecule has 0 bridgehead atoms. The van der Waals surface area contributed by atoms with E-state index in [0.29, 0.717) is 17.9 Å². The van der Waals surface area contributed by atoms with Crippen LogP contribution in [0.2, 0.25) is 0 Å². The highest BCUT2D eigenvalue weighted by Gasteiger charge is 2.38. The Hall–Kier alpha value is -4.19. The number of hydrogen-bond acceptors (Lipinski definition) is 6. The lowest BCUT2D eigenvalue weighted by Crippen LogP contribution is -2.28. The summed E-state index contributed by atoms with van der Waals surface area (Å²) in [6.45, 7) is 0.491. The van der Waals surface area contributed by atoms with Gasteiger partial charge in [0.05, 0.1) is 25.7 Å². The third-order valence-corrected chi connectivity index (χ3v) is 5.86. The van der Waals surface area contributed by atoms with Gasteiger partial charge in [-0.05, 0) is 23.3 Å². The molecule has 0 radical (unpaired) electrons. The van der Waals surface area contributed by atoms with E-state index in [9.17, 15) is 19.5 Å². The third kappa shape index (κ3) is 4.76. The van der Waals surface area contributed by atoms with Crippen molar-refractivity contribution in [1.82, 2.24) is 0 Å². The molecule has 0 saturated heterocycles. The van der Waals surface area contributed by atoms with Gasteiger partial charge in [-0.2, -0.15) is 0 Å². The molecule has 3 aromatic rings. The quantitative estimate of drug-likeness (QED) is 0.391. The molecule has 0 aromatic heterocycles. The van der Waals surface area contributed by atoms with E-state index in [1.165, 1.54) is 18.7 Å². The average molecular weight is 456 g/mol. The number of ketones is 2. The lowest BCUT2D eigenvalue weighted by Gasteiger charge is -2.24. The molecule has 4 rings (SSSR count). The normalized spacial score (nSPS) is 13.9. The standard InChI is InChI=1S/C28H24O6/c1-33-24(29)17-23(25-26(30)21-9-5-6-10-22(21)27(31)28(25)32)19-11-13-20(14-12-19)34-16-15-18-7-3-2-4-8-18/h2-14,23,30H,15-17H2,1H3. The topological polar surface area (TPSA) is 89.9 Å². The zero-order chi connectivity index (χ0) is 24.1. The maximum Gasteiger partial charge on any atom is 0.306 e. The Kier molecular flexibility index (Phi) is 6.87. The molecular formula is C28H24O6. The Bertz CT molecular complexity index is 1240. The second-order valence-electron chi connectivity index (χ2n) is 7.95. The largest absolute Gasteiger partial charge is 0.507 e. The van der Waals surface area contributed by atoms with Crippen molar-refractivity contribution in [3.05, 3.63) is 107 Å². The first-order valence-electron chi connectivity index (χ1n) is 10.9. The van der Waals surface area contributed by atoms with E-state index in [0.717, 1.165) is 6.42 Å². The van der Waals surface area contributed by atoms with Crippen LogP contribution in [0.1, 0.15) is 39.4 Å². The minimum atomic E-state index is -0.851. The smallest absolute Gasteiger partial charge is 0.306 e. The fraction of sp³-hybridized carbons (Fsp3) is 0.179. The van der Waals surface area contributed by atoms with Crippen LogP contribution in [-0.4, -0.2) is 36.4 Å². The summed E-state index contributed by atoms with van der Waals surface area (Å²) in [4.78, 5) is 37.9. The third-order valence-electron chi connectivity index (χ3n) is 5.86. The van der Waals surface area contributed by atoms with E-state index in [-0.39, 0.29) is 28.9 Å². The first-order valence-corrected chi connectivity index (χ1v) is 10.9. The summed E-state index contributed by atoms with van der Waals surface area (Å²) in [5, 5.41) is 10.9. The number of ether oxygens (including phenoxy) is 2. The van der Waals surface area contributed by atoms with Gasteiger partial charge in [0.1, 0.15) is 11.5 Å². The molecule has 0 heterocycles. The zero-order valence-corrected chi connectivity index (χ0v) is 18.7. The molecule has 1 unspecified atom stereocenters. The van der Waals surface area contributed by atoms with Crippen LogP contribution in [-0.2, 0) is 20.7 Å². The van der Waals surface area contributed by atoms with Gasteiger partial charge in [0, 0.05) is 23.5 Å². The van der Waals surface area contributed by atoms with Gasteiger partial charge in [-0.15, -0.1) is 0 Å². The van der Waals surface area contributed by atoms with Crippen molar-refractivity contribution < 1.29 is 29.0 Å². The first-order chi connectivity index (χ1) is 16.5. The van der Waals surface area contributed by atoms with E-state index < -0.39 is 23.5 Å². The monoisotopic (exact) mass is 456 g/mol. The van der Waals surface area contributed by atoms with E-state index in [1.807, 2.05) is 30.3 Å². The molecule has 34 heavy (non-hydrogen) atoms. The van der Waals surface area contributed by atoms with Gasteiger partial charge >= 0.3 is 5.97 Å². The van der Waals surface area contributed by atoms with Gasteiger partial charge in [-0.25, -0.2) is 0 Å². The summed E-state index contributed by atoms with van der Waals surface area (Å²) in [5.74, 6) is -2.61. The predicted octanol–water partition coefficient (Wildman–Crippen LogP) is 4.69. The number of allylic oxidation sites excluding steroid dienone is 1. The van der Waals surface area contributed by atoms with Crippen molar-refractivity contribution in [2.24, 2.45) is 0 Å². The van der Waals surface area contributed by atoms with Crippen LogP contribution in [0, 0.1) is 0 Å². The van der Waals surface area contributed by atoms with E-state index in [4.69, 9.17) is 9.47 Å². The van der Waals surface area contributed by atoms with Crippen LogP contribution in [0.15, 0.2) is 84.4 Å². The molecule has 6 heteroatoms. The van der Waals surface area contributed by atoms with Crippen molar-refractivity contribution in [2.75, 3.05) is 13.7 Å². The Morgan fingerprint density at radius 2 is 1.50 bits per heavy atom. The molecule has 0 amide bonds. The summed E-state index contributed by atoms with van der Waals surface area (Å²) in [7, 11) is 1.25. The van der Waals surface area contributed by atoms with E-state index >= 15 is 0 Å². The second kappa shape index (κ2) is 10.2. The number of fused-ring (bicyclic) bond motifs is 1. The maximum atomic E-state index is 13.0. The molecule has 1 atom stereocenters. The number of Topliss-reactive ketones (excluding diaryl/α,β-unsaturated/α-hetero) is 2. The highest BCUT2D eigenvalue weighted by atomic mass is 16.5. The van der Waals surface area contributed by atoms with Crippen LogP contribution >= 0.6 is 0 Å². The SMILES string of the molecule is COC(=O)CC(C1=C(O)c2ccccc2C(=O)C1=O)c1ccc(OCCc2ccccc2)cc1. The average Bonchev–Trinajstić information content (AvgIpc) is 2.88. The molecule has 1 aliphatic rings. The maximum absolute atomic E-state index is 13.0. The van der Waals surface area contributed by atoms with Crippen LogP contribution in [0.25, 0.3) is 5.76 Å². The number of rotatable bonds is 8. The van der Waals surface area contributed by atoms with Crippen molar-refractivity contribution >= 4 is 23.3 Å². The van der Waals surface area contributed by atoms with E-state index in [2.05, 4.69) is 0 Å². The molecule has 6 nitrogen and oxygen atoms in total. The zero-order valence-electron chi connectivity index (χ0n) is 18.7. The lowest BCUT2D eigenvalue weighted by molar-refractivity contribution is -0.140. The minimum absolute atomic E-state index is 0.105. The van der Waals surface area contributed by atoms with Crippen LogP contribution in [0.4, 0.5) is 0 Å². The molecule has 1 N–H and O–H groups in total. The molecular weight excluding hydrogens is 432 g/mol. The predicted molar refractivity (Wildman–Crippen MR) is 127 cm³/mol. The first kappa shape index (κ1) is 23.0. The number of aliphatic hydroxyl groups is 1. The number of carbonyl (C=O) groups excluding carboxylic acids is 3. The van der Waals surface area contributed by atoms with E-state index in [1.54, 1.807) is 42.5 Å². The number of hydrogen-bond donors (Lipinski definition) is 1. The summed E-state index contributed by atoms with van der Waals surface area (Å²) >= 11 is 0. The van der Waals surface area contributed by atoms with Gasteiger partial charge in [-0.1, -0.05) is 66.7 Å². The second-order valence-corrected chi connectivity index (χ2v) is 7.95. The van der Waals surface area contributed by atoms with Crippen molar-refractivity contribution in [1.29, 1.82) is 0 Å². The molecule has 1 aliphatic carbocycles. The minimum Gasteiger partial charge on any atom is -0.507 e. The number of carbonyl (C=O) groups is 3. The molecule has 3 aromatic carbocycles. The van der Waals surface area contributed by atoms with Gasteiger partial charge < -0.3 is 14.6 Å². The summed E-state index contributed by atoms with van der Waals surface area (Å²) in [6, 6.07) is 23.3. The fourth-order valence-electron chi connectivity index (χ4n) is 4.07.